The molecular formula is C12H19N3O2S. The van der Waals surface area contributed by atoms with Gasteiger partial charge in [0.15, 0.2) is 5.16 Å². The van der Waals surface area contributed by atoms with Gasteiger partial charge in [-0.15, -0.1) is 16.8 Å². The largest absolute Gasteiger partial charge is 0.462 e. The molecule has 0 amide bonds. The molecule has 0 N–H and O–H groups in total. The summed E-state index contributed by atoms with van der Waals surface area (Å²) >= 11 is 1.34. The van der Waals surface area contributed by atoms with Gasteiger partial charge in [0.05, 0.1) is 11.9 Å². The number of aromatic nitrogens is 3. The number of rotatable bonds is 7. The Morgan fingerprint density at radius 2 is 2.28 bits per heavy atom. The molecule has 0 aliphatic heterocycles. The van der Waals surface area contributed by atoms with Gasteiger partial charge < -0.3 is 9.30 Å². The summed E-state index contributed by atoms with van der Waals surface area (Å²) in [7, 11) is 0. The third kappa shape index (κ3) is 4.18. The molecule has 0 saturated heterocycles. The zero-order chi connectivity index (χ0) is 13.5. The van der Waals surface area contributed by atoms with Crippen LogP contribution in [-0.2, 0) is 22.5 Å². The smallest absolute Gasteiger partial charge is 0.316 e. The highest BCUT2D eigenvalue weighted by Crippen LogP contribution is 2.17. The molecule has 1 aromatic rings. The van der Waals surface area contributed by atoms with Gasteiger partial charge in [-0.2, -0.15) is 0 Å². The fraction of sp³-hybridized carbons (Fsp3) is 0.583. The van der Waals surface area contributed by atoms with Gasteiger partial charge in [0.2, 0.25) is 0 Å². The van der Waals surface area contributed by atoms with Crippen molar-refractivity contribution in [3.8, 4) is 0 Å². The van der Waals surface area contributed by atoms with E-state index in [1.165, 1.54) is 11.8 Å². The van der Waals surface area contributed by atoms with Crippen molar-refractivity contribution in [1.82, 2.24) is 14.8 Å². The first kappa shape index (κ1) is 14.8. The van der Waals surface area contributed by atoms with Gasteiger partial charge in [-0.3, -0.25) is 4.79 Å². The quantitative estimate of drug-likeness (QED) is 0.431. The second-order valence-electron chi connectivity index (χ2n) is 3.98. The Kier molecular flexibility index (Phi) is 5.91. The Hall–Kier alpha value is -1.30. The summed E-state index contributed by atoms with van der Waals surface area (Å²) < 4.78 is 7.03. The summed E-state index contributed by atoms with van der Waals surface area (Å²) in [6, 6.07) is 0. The van der Waals surface area contributed by atoms with Crippen LogP contribution in [0.25, 0.3) is 0 Å². The predicted octanol–water partition coefficient (Wildman–Crippen LogP) is 2.07. The summed E-state index contributed by atoms with van der Waals surface area (Å²) in [5.41, 5.74) is 0. The number of esters is 1. The van der Waals surface area contributed by atoms with E-state index in [9.17, 15) is 4.79 Å². The molecule has 0 saturated carbocycles. The van der Waals surface area contributed by atoms with E-state index < -0.39 is 0 Å². The number of hydrogen-bond acceptors (Lipinski definition) is 5. The zero-order valence-electron chi connectivity index (χ0n) is 11.0. The third-order valence-corrected chi connectivity index (χ3v) is 3.05. The lowest BCUT2D eigenvalue weighted by atomic mass is 10.4. The molecule has 0 aromatic carbocycles. The second kappa shape index (κ2) is 7.20. The maximum Gasteiger partial charge on any atom is 0.316 e. The molecule has 0 spiro atoms. The SMILES string of the molecule is C=CCn1c(CC)nnc1SCC(=O)OC(C)C. The maximum atomic E-state index is 11.5. The molecule has 0 fully saturated rings. The van der Waals surface area contributed by atoms with Crippen LogP contribution >= 0.6 is 11.8 Å². The monoisotopic (exact) mass is 269 g/mol. The fourth-order valence-electron chi connectivity index (χ4n) is 1.42. The summed E-state index contributed by atoms with van der Waals surface area (Å²) in [4.78, 5) is 11.5. The molecule has 0 aliphatic rings. The average molecular weight is 269 g/mol. The van der Waals surface area contributed by atoms with Crippen molar-refractivity contribution in [3.05, 3.63) is 18.5 Å². The van der Waals surface area contributed by atoms with Crippen molar-refractivity contribution in [3.63, 3.8) is 0 Å². The Labute approximate surface area is 112 Å². The number of aryl methyl sites for hydroxylation is 1. The van der Waals surface area contributed by atoms with Gasteiger partial charge in [0.1, 0.15) is 5.82 Å². The summed E-state index contributed by atoms with van der Waals surface area (Å²) in [5.74, 6) is 0.910. The third-order valence-electron chi connectivity index (χ3n) is 2.11. The van der Waals surface area contributed by atoms with Crippen molar-refractivity contribution >= 4 is 17.7 Å². The van der Waals surface area contributed by atoms with Crippen molar-refractivity contribution in [2.45, 2.75) is 45.0 Å². The highest BCUT2D eigenvalue weighted by Gasteiger charge is 2.13. The van der Waals surface area contributed by atoms with Crippen LogP contribution < -0.4 is 0 Å². The van der Waals surface area contributed by atoms with Crippen LogP contribution in [-0.4, -0.2) is 32.6 Å². The zero-order valence-corrected chi connectivity index (χ0v) is 11.9. The summed E-state index contributed by atoms with van der Waals surface area (Å²) in [6.45, 7) is 10.0. The van der Waals surface area contributed by atoms with Crippen LogP contribution in [0.3, 0.4) is 0 Å². The molecule has 18 heavy (non-hydrogen) atoms. The molecule has 1 heterocycles. The Morgan fingerprint density at radius 3 is 2.83 bits per heavy atom. The van der Waals surface area contributed by atoms with E-state index in [-0.39, 0.29) is 17.8 Å². The molecular weight excluding hydrogens is 250 g/mol. The van der Waals surface area contributed by atoms with Gasteiger partial charge in [0, 0.05) is 13.0 Å². The first-order valence-electron chi connectivity index (χ1n) is 5.93. The molecule has 0 aliphatic carbocycles. The summed E-state index contributed by atoms with van der Waals surface area (Å²) in [6.07, 6.45) is 2.51. The second-order valence-corrected chi connectivity index (χ2v) is 4.92. The number of carbonyl (C=O) groups is 1. The van der Waals surface area contributed by atoms with E-state index in [1.807, 2.05) is 25.3 Å². The number of ether oxygens (including phenoxy) is 1. The Balaban J connectivity index is 2.64. The fourth-order valence-corrected chi connectivity index (χ4v) is 2.17. The van der Waals surface area contributed by atoms with Crippen molar-refractivity contribution in [1.29, 1.82) is 0 Å². The molecule has 0 unspecified atom stereocenters. The maximum absolute atomic E-state index is 11.5. The van der Waals surface area contributed by atoms with E-state index >= 15 is 0 Å². The van der Waals surface area contributed by atoms with E-state index in [1.54, 1.807) is 6.08 Å². The van der Waals surface area contributed by atoms with Crippen LogP contribution in [0, 0.1) is 0 Å². The van der Waals surface area contributed by atoms with Gasteiger partial charge in [0.25, 0.3) is 0 Å². The van der Waals surface area contributed by atoms with Crippen molar-refractivity contribution in [2.24, 2.45) is 0 Å². The van der Waals surface area contributed by atoms with E-state index in [0.717, 1.165) is 17.4 Å². The molecule has 0 atom stereocenters. The Morgan fingerprint density at radius 1 is 1.56 bits per heavy atom. The number of nitrogens with zero attached hydrogens (tertiary/aromatic N) is 3. The number of hydrogen-bond donors (Lipinski definition) is 0. The predicted molar refractivity (Wildman–Crippen MR) is 71.5 cm³/mol. The molecule has 1 rings (SSSR count). The van der Waals surface area contributed by atoms with Crippen LogP contribution in [0.4, 0.5) is 0 Å². The lowest BCUT2D eigenvalue weighted by molar-refractivity contribution is -0.144. The first-order chi connectivity index (χ1) is 8.58. The van der Waals surface area contributed by atoms with E-state index in [0.29, 0.717) is 6.54 Å². The molecule has 0 bridgehead atoms. The lowest BCUT2D eigenvalue weighted by Crippen LogP contribution is -2.14. The minimum atomic E-state index is -0.235. The standard InChI is InChI=1S/C12H19N3O2S/c1-5-7-15-10(6-2)13-14-12(15)18-8-11(16)17-9(3)4/h5,9H,1,6-8H2,2-4H3. The minimum absolute atomic E-state index is 0.0876. The Bertz CT molecular complexity index is 415. The molecule has 100 valence electrons. The van der Waals surface area contributed by atoms with Crippen LogP contribution in [0.15, 0.2) is 17.8 Å². The van der Waals surface area contributed by atoms with Crippen molar-refractivity contribution in [2.75, 3.05) is 5.75 Å². The van der Waals surface area contributed by atoms with Gasteiger partial charge in [-0.1, -0.05) is 24.8 Å². The normalized spacial score (nSPS) is 10.7. The van der Waals surface area contributed by atoms with Gasteiger partial charge in [-0.25, -0.2) is 0 Å². The van der Waals surface area contributed by atoms with Crippen LogP contribution in [0.5, 0.6) is 0 Å². The van der Waals surface area contributed by atoms with Crippen molar-refractivity contribution < 1.29 is 9.53 Å². The topological polar surface area (TPSA) is 57.0 Å². The minimum Gasteiger partial charge on any atom is -0.462 e. The lowest BCUT2D eigenvalue weighted by Gasteiger charge is -2.08. The highest BCUT2D eigenvalue weighted by atomic mass is 32.2. The van der Waals surface area contributed by atoms with Gasteiger partial charge >= 0.3 is 5.97 Å². The average Bonchev–Trinajstić information content (AvgIpc) is 2.68. The molecule has 1 aromatic heterocycles. The number of carbonyl (C=O) groups excluding carboxylic acids is 1. The number of thioether (sulfide) groups is 1. The number of allylic oxidation sites excluding steroid dienone is 1. The summed E-state index contributed by atoms with van der Waals surface area (Å²) in [5, 5.41) is 8.89. The highest BCUT2D eigenvalue weighted by molar-refractivity contribution is 7.99. The van der Waals surface area contributed by atoms with E-state index in [4.69, 9.17) is 4.74 Å². The first-order valence-corrected chi connectivity index (χ1v) is 6.92. The van der Waals surface area contributed by atoms with Gasteiger partial charge in [-0.05, 0) is 13.8 Å². The van der Waals surface area contributed by atoms with Crippen LogP contribution in [0.2, 0.25) is 0 Å². The van der Waals surface area contributed by atoms with E-state index in [2.05, 4.69) is 16.8 Å². The van der Waals surface area contributed by atoms with Crippen LogP contribution in [0.1, 0.15) is 26.6 Å². The molecule has 6 heteroatoms. The molecule has 0 radical (unpaired) electrons. The molecule has 5 nitrogen and oxygen atoms in total.